The number of rotatable bonds is 4. The first-order valence-corrected chi connectivity index (χ1v) is 6.11. The quantitative estimate of drug-likeness (QED) is 0.635. The molecular formula is C9H14N4O3S. The molecule has 1 fully saturated rings. The van der Waals surface area contributed by atoms with Crippen LogP contribution in [-0.2, 0) is 4.74 Å². The summed E-state index contributed by atoms with van der Waals surface area (Å²) in [5, 5.41) is 14.2. The van der Waals surface area contributed by atoms with E-state index in [1.807, 2.05) is 7.05 Å². The van der Waals surface area contributed by atoms with Gasteiger partial charge in [0.1, 0.15) is 6.20 Å². The SMILES string of the molecule is CN1CCOC(CNc2ncc([N+](=O)[O-])s2)C1. The number of aromatic nitrogens is 1. The van der Waals surface area contributed by atoms with Crippen molar-refractivity contribution in [2.24, 2.45) is 0 Å². The fourth-order valence-electron chi connectivity index (χ4n) is 1.62. The molecule has 17 heavy (non-hydrogen) atoms. The highest BCUT2D eigenvalue weighted by atomic mass is 32.1. The zero-order valence-electron chi connectivity index (χ0n) is 9.46. The van der Waals surface area contributed by atoms with Crippen molar-refractivity contribution in [3.63, 3.8) is 0 Å². The zero-order valence-corrected chi connectivity index (χ0v) is 10.3. The Labute approximate surface area is 103 Å². The fourth-order valence-corrected chi connectivity index (χ4v) is 2.26. The zero-order chi connectivity index (χ0) is 12.3. The van der Waals surface area contributed by atoms with Gasteiger partial charge in [0.05, 0.1) is 17.6 Å². The molecule has 1 aliphatic heterocycles. The largest absolute Gasteiger partial charge is 0.374 e. The summed E-state index contributed by atoms with van der Waals surface area (Å²) in [6, 6.07) is 0. The van der Waals surface area contributed by atoms with Gasteiger partial charge in [-0.3, -0.25) is 10.1 Å². The Morgan fingerprint density at radius 3 is 3.29 bits per heavy atom. The van der Waals surface area contributed by atoms with E-state index in [1.165, 1.54) is 6.20 Å². The maximum Gasteiger partial charge on any atom is 0.345 e. The van der Waals surface area contributed by atoms with Crippen molar-refractivity contribution in [2.45, 2.75) is 6.10 Å². The number of nitro groups is 1. The van der Waals surface area contributed by atoms with Gasteiger partial charge >= 0.3 is 5.00 Å². The molecule has 8 heteroatoms. The van der Waals surface area contributed by atoms with E-state index in [2.05, 4.69) is 15.2 Å². The second-order valence-electron chi connectivity index (χ2n) is 3.90. The van der Waals surface area contributed by atoms with E-state index in [0.29, 0.717) is 11.7 Å². The van der Waals surface area contributed by atoms with Gasteiger partial charge in [-0.2, -0.15) is 0 Å². The molecule has 1 atom stereocenters. The van der Waals surface area contributed by atoms with Crippen molar-refractivity contribution in [3.8, 4) is 0 Å². The van der Waals surface area contributed by atoms with Crippen LogP contribution in [-0.4, -0.2) is 54.2 Å². The summed E-state index contributed by atoms with van der Waals surface area (Å²) >= 11 is 1.04. The van der Waals surface area contributed by atoms with Crippen LogP contribution in [0.15, 0.2) is 6.20 Å². The van der Waals surface area contributed by atoms with Gasteiger partial charge in [-0.25, -0.2) is 4.98 Å². The van der Waals surface area contributed by atoms with Crippen molar-refractivity contribution < 1.29 is 9.66 Å². The molecule has 0 radical (unpaired) electrons. The van der Waals surface area contributed by atoms with Crippen molar-refractivity contribution >= 4 is 21.5 Å². The van der Waals surface area contributed by atoms with E-state index in [0.717, 1.165) is 31.0 Å². The minimum absolute atomic E-state index is 0.0502. The molecule has 1 aromatic heterocycles. The van der Waals surface area contributed by atoms with E-state index >= 15 is 0 Å². The molecule has 1 aromatic rings. The van der Waals surface area contributed by atoms with Crippen molar-refractivity contribution in [1.29, 1.82) is 0 Å². The Balaban J connectivity index is 1.82. The molecule has 0 saturated carbocycles. The van der Waals surface area contributed by atoms with Crippen LogP contribution >= 0.6 is 11.3 Å². The molecular weight excluding hydrogens is 244 g/mol. The Hall–Kier alpha value is -1.25. The maximum atomic E-state index is 10.5. The Morgan fingerprint density at radius 1 is 1.82 bits per heavy atom. The van der Waals surface area contributed by atoms with Crippen LogP contribution in [0.1, 0.15) is 0 Å². The molecule has 0 aromatic carbocycles. The predicted octanol–water partition coefficient (Wildman–Crippen LogP) is 0.794. The van der Waals surface area contributed by atoms with Crippen LogP contribution in [0.4, 0.5) is 10.1 Å². The molecule has 7 nitrogen and oxygen atoms in total. The number of nitrogens with one attached hydrogen (secondary N) is 1. The number of ether oxygens (including phenoxy) is 1. The average molecular weight is 258 g/mol. The lowest BCUT2D eigenvalue weighted by molar-refractivity contribution is -0.380. The number of anilines is 1. The van der Waals surface area contributed by atoms with Crippen molar-refractivity contribution in [2.75, 3.05) is 38.6 Å². The third kappa shape index (κ3) is 3.35. The summed E-state index contributed by atoms with van der Waals surface area (Å²) in [5.74, 6) is 0. The summed E-state index contributed by atoms with van der Waals surface area (Å²) in [6.07, 6.45) is 1.37. The molecule has 2 heterocycles. The minimum atomic E-state index is -0.437. The third-order valence-electron chi connectivity index (χ3n) is 2.50. The van der Waals surface area contributed by atoms with Crippen LogP contribution in [0.3, 0.4) is 0 Å². The average Bonchev–Trinajstić information content (AvgIpc) is 2.75. The van der Waals surface area contributed by atoms with E-state index in [4.69, 9.17) is 4.74 Å². The molecule has 0 spiro atoms. The van der Waals surface area contributed by atoms with Gasteiger partial charge in [0.15, 0.2) is 5.13 Å². The van der Waals surface area contributed by atoms with E-state index in [1.54, 1.807) is 0 Å². The monoisotopic (exact) mass is 258 g/mol. The second-order valence-corrected chi connectivity index (χ2v) is 4.91. The number of hydrogen-bond donors (Lipinski definition) is 1. The first-order chi connectivity index (χ1) is 8.15. The Bertz CT molecular complexity index is 397. The summed E-state index contributed by atoms with van der Waals surface area (Å²) in [5.41, 5.74) is 0. The summed E-state index contributed by atoms with van der Waals surface area (Å²) in [6.45, 7) is 3.15. The standard InChI is InChI=1S/C9H14N4O3S/c1-12-2-3-16-7(6-12)4-10-9-11-5-8(17-9)13(14)15/h5,7H,2-4,6H2,1H3,(H,10,11). The topological polar surface area (TPSA) is 80.5 Å². The van der Waals surface area contributed by atoms with Crippen LogP contribution < -0.4 is 5.32 Å². The molecule has 0 bridgehead atoms. The highest BCUT2D eigenvalue weighted by Gasteiger charge is 2.18. The minimum Gasteiger partial charge on any atom is -0.374 e. The van der Waals surface area contributed by atoms with Gasteiger partial charge in [0.25, 0.3) is 0 Å². The Kier molecular flexibility index (Phi) is 3.87. The highest BCUT2D eigenvalue weighted by molar-refractivity contribution is 7.18. The Morgan fingerprint density at radius 2 is 2.65 bits per heavy atom. The molecule has 1 aliphatic rings. The molecule has 0 amide bonds. The van der Waals surface area contributed by atoms with Gasteiger partial charge in [0, 0.05) is 19.6 Å². The van der Waals surface area contributed by atoms with Crippen LogP contribution in [0.25, 0.3) is 0 Å². The lowest BCUT2D eigenvalue weighted by Crippen LogP contribution is -2.43. The molecule has 94 valence electrons. The molecule has 1 saturated heterocycles. The third-order valence-corrected chi connectivity index (χ3v) is 3.40. The van der Waals surface area contributed by atoms with Gasteiger partial charge in [-0.05, 0) is 18.4 Å². The lowest BCUT2D eigenvalue weighted by Gasteiger charge is -2.29. The number of morpholine rings is 1. The molecule has 1 N–H and O–H groups in total. The predicted molar refractivity (Wildman–Crippen MR) is 64.5 cm³/mol. The second kappa shape index (κ2) is 5.39. The lowest BCUT2D eigenvalue weighted by atomic mass is 10.3. The van der Waals surface area contributed by atoms with E-state index in [9.17, 15) is 10.1 Å². The van der Waals surface area contributed by atoms with E-state index in [-0.39, 0.29) is 11.1 Å². The van der Waals surface area contributed by atoms with Crippen molar-refractivity contribution in [1.82, 2.24) is 9.88 Å². The van der Waals surface area contributed by atoms with Gasteiger partial charge < -0.3 is 15.0 Å². The summed E-state index contributed by atoms with van der Waals surface area (Å²) < 4.78 is 5.56. The summed E-state index contributed by atoms with van der Waals surface area (Å²) in [7, 11) is 2.05. The van der Waals surface area contributed by atoms with Crippen molar-refractivity contribution in [3.05, 3.63) is 16.3 Å². The molecule has 1 unspecified atom stereocenters. The molecule has 0 aliphatic carbocycles. The van der Waals surface area contributed by atoms with Gasteiger partial charge in [0.2, 0.25) is 0 Å². The molecule has 2 rings (SSSR count). The number of thiazole rings is 1. The summed E-state index contributed by atoms with van der Waals surface area (Å²) in [4.78, 5) is 16.2. The first-order valence-electron chi connectivity index (χ1n) is 5.29. The van der Waals surface area contributed by atoms with Gasteiger partial charge in [-0.15, -0.1) is 0 Å². The number of likely N-dealkylation sites (N-methyl/N-ethyl adjacent to an activating group) is 1. The van der Waals surface area contributed by atoms with Crippen LogP contribution in [0.5, 0.6) is 0 Å². The highest BCUT2D eigenvalue weighted by Crippen LogP contribution is 2.24. The van der Waals surface area contributed by atoms with Gasteiger partial charge in [-0.1, -0.05) is 0 Å². The van der Waals surface area contributed by atoms with Crippen LogP contribution in [0, 0.1) is 10.1 Å². The normalized spacial score (nSPS) is 21.4. The van der Waals surface area contributed by atoms with E-state index < -0.39 is 4.92 Å². The first kappa shape index (κ1) is 12.2. The number of nitrogens with zero attached hydrogens (tertiary/aromatic N) is 3. The smallest absolute Gasteiger partial charge is 0.345 e. The fraction of sp³-hybridized carbons (Fsp3) is 0.667. The number of hydrogen-bond acceptors (Lipinski definition) is 7. The van der Waals surface area contributed by atoms with Crippen LogP contribution in [0.2, 0.25) is 0 Å². The maximum absolute atomic E-state index is 10.5.